The van der Waals surface area contributed by atoms with E-state index in [1.54, 1.807) is 43.3 Å². The highest BCUT2D eigenvalue weighted by atomic mass is 35.5. The van der Waals surface area contributed by atoms with Crippen molar-refractivity contribution in [3.05, 3.63) is 99.6 Å². The molecule has 6 nitrogen and oxygen atoms in total. The molecule has 4 rings (SSSR count). The lowest BCUT2D eigenvalue weighted by molar-refractivity contribution is 0.0730. The molecule has 0 aliphatic heterocycles. The van der Waals surface area contributed by atoms with Gasteiger partial charge < -0.3 is 9.47 Å². The minimum absolute atomic E-state index is 0.0144. The van der Waals surface area contributed by atoms with Crippen LogP contribution in [0.2, 0.25) is 5.02 Å². The summed E-state index contributed by atoms with van der Waals surface area (Å²) in [6.07, 6.45) is 15.9. The van der Waals surface area contributed by atoms with E-state index in [0.29, 0.717) is 16.7 Å². The van der Waals surface area contributed by atoms with E-state index in [9.17, 15) is 9.59 Å². The molecule has 0 heterocycles. The van der Waals surface area contributed by atoms with Gasteiger partial charge >= 0.3 is 11.9 Å². The number of rotatable bonds is 14. The van der Waals surface area contributed by atoms with E-state index in [4.69, 9.17) is 31.6 Å². The number of nitriles is 2. The van der Waals surface area contributed by atoms with Crippen molar-refractivity contribution in [2.45, 2.75) is 90.9 Å². The van der Waals surface area contributed by atoms with Crippen LogP contribution in [0.15, 0.2) is 72.3 Å². The summed E-state index contributed by atoms with van der Waals surface area (Å²) in [6, 6.07) is 22.1. The molecule has 1 saturated carbocycles. The standard InChI is InChI=1S/C40H43ClN2O4/c1-3-4-5-6-7-8-29-9-11-30(12-10-29)13-14-31-15-17-33(18-16-31)39(44)47-36-23-24-37(38(41)25-36)40(45)46-35-21-19-32(20-22-35)28(2)34(26-42)27-43/h15-25,29-30H,3-14H2,1-2H3/t29-,30-. The molecule has 0 radical (unpaired) electrons. The van der Waals surface area contributed by atoms with Crippen LogP contribution < -0.4 is 9.47 Å². The zero-order valence-electron chi connectivity index (χ0n) is 27.4. The van der Waals surface area contributed by atoms with Gasteiger partial charge in [0.15, 0.2) is 0 Å². The molecule has 0 saturated heterocycles. The van der Waals surface area contributed by atoms with Crippen LogP contribution >= 0.6 is 11.6 Å². The highest BCUT2D eigenvalue weighted by molar-refractivity contribution is 6.33. The van der Waals surface area contributed by atoms with Crippen molar-refractivity contribution in [2.75, 3.05) is 0 Å². The summed E-state index contributed by atoms with van der Waals surface area (Å²) < 4.78 is 11.0. The molecule has 1 aliphatic carbocycles. The third kappa shape index (κ3) is 10.6. The third-order valence-corrected chi connectivity index (χ3v) is 9.49. The van der Waals surface area contributed by atoms with E-state index in [1.807, 2.05) is 24.3 Å². The predicted octanol–water partition coefficient (Wildman–Crippen LogP) is 10.7. The summed E-state index contributed by atoms with van der Waals surface area (Å²) in [6.45, 7) is 3.94. The second-order valence-corrected chi connectivity index (χ2v) is 12.9. The quantitative estimate of drug-likeness (QED) is 0.0744. The number of unbranched alkanes of at least 4 members (excludes halogenated alkanes) is 4. The van der Waals surface area contributed by atoms with Crippen molar-refractivity contribution in [3.63, 3.8) is 0 Å². The molecule has 0 amide bonds. The first-order chi connectivity index (χ1) is 22.8. The second kappa shape index (κ2) is 18.1. The van der Waals surface area contributed by atoms with Gasteiger partial charge in [-0.15, -0.1) is 0 Å². The van der Waals surface area contributed by atoms with Gasteiger partial charge in [-0.2, -0.15) is 10.5 Å². The molecule has 0 atom stereocenters. The number of benzene rings is 3. The summed E-state index contributed by atoms with van der Waals surface area (Å²) >= 11 is 6.36. The first-order valence-corrected chi connectivity index (χ1v) is 17.1. The first kappa shape index (κ1) is 35.5. The van der Waals surface area contributed by atoms with Crippen molar-refractivity contribution >= 4 is 29.1 Å². The lowest BCUT2D eigenvalue weighted by atomic mass is 9.77. The summed E-state index contributed by atoms with van der Waals surface area (Å²) in [4.78, 5) is 25.6. The molecule has 0 bridgehead atoms. The number of hydrogen-bond acceptors (Lipinski definition) is 6. The van der Waals surface area contributed by atoms with Crippen molar-refractivity contribution in [2.24, 2.45) is 11.8 Å². The van der Waals surface area contributed by atoms with Crippen LogP contribution in [0.3, 0.4) is 0 Å². The number of allylic oxidation sites excluding steroid dienone is 2. The maximum atomic E-state index is 12.8. The molecular formula is C40H43ClN2O4. The van der Waals surface area contributed by atoms with Crippen molar-refractivity contribution in [1.29, 1.82) is 10.5 Å². The largest absolute Gasteiger partial charge is 0.423 e. The molecular weight excluding hydrogens is 608 g/mol. The Hall–Kier alpha value is -4.39. The number of aryl methyl sites for hydroxylation is 1. The van der Waals surface area contributed by atoms with Crippen LogP contribution in [-0.4, -0.2) is 11.9 Å². The van der Waals surface area contributed by atoms with E-state index in [1.165, 1.54) is 94.4 Å². The molecule has 0 spiro atoms. The van der Waals surface area contributed by atoms with Gasteiger partial charge in [0.2, 0.25) is 0 Å². The summed E-state index contributed by atoms with van der Waals surface area (Å²) in [5, 5.41) is 18.2. The SMILES string of the molecule is CCCCCCC[C@H]1CC[C@H](CCc2ccc(C(=O)Oc3ccc(C(=O)Oc4ccc(C(C)=C(C#N)C#N)cc4)c(Cl)c3)cc2)CC1. The van der Waals surface area contributed by atoms with Gasteiger partial charge in [-0.1, -0.05) is 107 Å². The Kier molecular flexibility index (Phi) is 13.6. The fraction of sp³-hybridized carbons (Fsp3) is 0.400. The van der Waals surface area contributed by atoms with Gasteiger partial charge in [0.05, 0.1) is 16.1 Å². The normalized spacial score (nSPS) is 15.6. The van der Waals surface area contributed by atoms with Gasteiger partial charge in [0.25, 0.3) is 0 Å². The summed E-state index contributed by atoms with van der Waals surface area (Å²) in [5.41, 5.74) is 2.99. The third-order valence-electron chi connectivity index (χ3n) is 9.18. The van der Waals surface area contributed by atoms with Gasteiger partial charge in [-0.05, 0) is 84.7 Å². The number of carbonyl (C=O) groups is 2. The van der Waals surface area contributed by atoms with Crippen LogP contribution in [0.25, 0.3) is 5.57 Å². The van der Waals surface area contributed by atoms with E-state index < -0.39 is 11.9 Å². The van der Waals surface area contributed by atoms with Crippen LogP contribution in [0, 0.1) is 34.5 Å². The van der Waals surface area contributed by atoms with Crippen molar-refractivity contribution in [1.82, 2.24) is 0 Å². The summed E-state index contributed by atoms with van der Waals surface area (Å²) in [7, 11) is 0. The molecule has 3 aromatic carbocycles. The molecule has 244 valence electrons. The predicted molar refractivity (Wildman–Crippen MR) is 185 cm³/mol. The Morgan fingerprint density at radius 2 is 1.32 bits per heavy atom. The van der Waals surface area contributed by atoms with E-state index >= 15 is 0 Å². The number of nitrogens with zero attached hydrogens (tertiary/aromatic N) is 2. The van der Waals surface area contributed by atoms with Gasteiger partial charge in [0, 0.05) is 6.07 Å². The van der Waals surface area contributed by atoms with E-state index in [0.717, 1.165) is 18.3 Å². The smallest absolute Gasteiger partial charge is 0.345 e. The lowest BCUT2D eigenvalue weighted by Crippen LogP contribution is -2.15. The maximum absolute atomic E-state index is 12.8. The molecule has 0 aromatic heterocycles. The fourth-order valence-corrected chi connectivity index (χ4v) is 6.43. The molecule has 47 heavy (non-hydrogen) atoms. The van der Waals surface area contributed by atoms with Crippen molar-refractivity contribution < 1.29 is 19.1 Å². The van der Waals surface area contributed by atoms with Crippen LogP contribution in [0.4, 0.5) is 0 Å². The van der Waals surface area contributed by atoms with Gasteiger partial charge in [-0.25, -0.2) is 9.59 Å². The Balaban J connectivity index is 1.23. The molecule has 7 heteroatoms. The molecule has 1 aliphatic rings. The number of ether oxygens (including phenoxy) is 2. The van der Waals surface area contributed by atoms with Crippen LogP contribution in [-0.2, 0) is 6.42 Å². The minimum Gasteiger partial charge on any atom is -0.423 e. The number of esters is 2. The van der Waals surface area contributed by atoms with E-state index in [2.05, 4.69) is 6.92 Å². The average molecular weight is 651 g/mol. The molecule has 1 fully saturated rings. The van der Waals surface area contributed by atoms with Crippen LogP contribution in [0.5, 0.6) is 11.5 Å². The zero-order valence-corrected chi connectivity index (χ0v) is 28.2. The van der Waals surface area contributed by atoms with Gasteiger partial charge in [-0.3, -0.25) is 0 Å². The fourth-order valence-electron chi connectivity index (χ4n) is 6.19. The van der Waals surface area contributed by atoms with Crippen LogP contribution in [0.1, 0.15) is 116 Å². The lowest BCUT2D eigenvalue weighted by Gasteiger charge is -2.28. The highest BCUT2D eigenvalue weighted by Gasteiger charge is 2.21. The molecule has 3 aromatic rings. The average Bonchev–Trinajstić information content (AvgIpc) is 3.09. The number of hydrogen-bond donors (Lipinski definition) is 0. The van der Waals surface area contributed by atoms with Crippen molar-refractivity contribution in [3.8, 4) is 23.6 Å². The maximum Gasteiger partial charge on any atom is 0.345 e. The molecule has 0 unspecified atom stereocenters. The number of carbonyl (C=O) groups excluding carboxylic acids is 2. The zero-order chi connectivity index (χ0) is 33.6. The monoisotopic (exact) mass is 650 g/mol. The Morgan fingerprint density at radius 3 is 1.94 bits per heavy atom. The summed E-state index contributed by atoms with van der Waals surface area (Å²) in [5.74, 6) is 1.02. The van der Waals surface area contributed by atoms with E-state index in [-0.39, 0.29) is 27.7 Å². The Bertz CT molecular complexity index is 1610. The minimum atomic E-state index is -0.677. The molecule has 0 N–H and O–H groups in total. The second-order valence-electron chi connectivity index (χ2n) is 12.5. The Labute approximate surface area is 284 Å². The van der Waals surface area contributed by atoms with Gasteiger partial charge in [0.1, 0.15) is 29.2 Å². The number of halogens is 1. The first-order valence-electron chi connectivity index (χ1n) is 16.8. The topological polar surface area (TPSA) is 100 Å². The highest BCUT2D eigenvalue weighted by Crippen LogP contribution is 2.34. The Morgan fingerprint density at radius 1 is 0.745 bits per heavy atom.